The fourth-order valence-corrected chi connectivity index (χ4v) is 0. The number of hydrogen-bond donors (Lipinski definition) is 0. The third kappa shape index (κ3) is 34.4. The number of hydrogen-bond acceptors (Lipinski definition) is 0. The first-order valence-corrected chi connectivity index (χ1v) is 2.33. The number of alkyl halides is 5. The minimum absolute atomic E-state index is 0. The Morgan fingerprint density at radius 3 is 1.31 bits per heavy atom. The van der Waals surface area contributed by atoms with E-state index in [0.717, 1.165) is 0 Å². The van der Waals surface area contributed by atoms with Gasteiger partial charge in [0.15, 0.2) is 0 Å². The molecule has 0 unspecified atom stereocenters. The zero-order chi connectivity index (χ0) is 9.65. The van der Waals surface area contributed by atoms with Crippen molar-refractivity contribution in [3.05, 3.63) is 19.8 Å². The zero-order valence-corrected chi connectivity index (χ0v) is 7.78. The molecule has 0 nitrogen and oxygen atoms in total. The number of halogens is 7. The van der Waals surface area contributed by atoms with E-state index >= 15 is 0 Å². The second-order valence-electron chi connectivity index (χ2n) is 1.52. The van der Waals surface area contributed by atoms with Gasteiger partial charge in [0.2, 0.25) is 0 Å². The van der Waals surface area contributed by atoms with Crippen molar-refractivity contribution in [2.75, 3.05) is 0 Å². The summed E-state index contributed by atoms with van der Waals surface area (Å²) < 4.78 is 62.9. The molecule has 0 aromatic rings. The quantitative estimate of drug-likeness (QED) is 0.433. The molecule has 13 heavy (non-hydrogen) atoms. The van der Waals surface area contributed by atoms with Crippen LogP contribution in [0.4, 0.5) is 26.3 Å². The molecule has 0 spiro atoms. The Bertz CT molecular complexity index is 115. The fraction of sp³-hybridized carbons (Fsp3) is 0.500. The number of rotatable bonds is 0. The van der Waals surface area contributed by atoms with Gasteiger partial charge in [-0.3, -0.25) is 0 Å². The van der Waals surface area contributed by atoms with E-state index in [9.17, 15) is 26.3 Å². The molecule has 0 fully saturated rings. The molecule has 0 aliphatic heterocycles. The van der Waals surface area contributed by atoms with E-state index in [1.807, 2.05) is 0 Å². The van der Waals surface area contributed by atoms with E-state index in [0.29, 0.717) is 0 Å². The molecule has 7 heteroatoms. The molecule has 0 saturated heterocycles. The van der Waals surface area contributed by atoms with Crippen molar-refractivity contribution in [2.45, 2.75) is 19.5 Å². The minimum atomic E-state index is -5.33. The standard InChI is InChI=1S/C3H5F.C2HF5.CH3.ClH/c1-3(2)4;3-1(4)2(5,6)7;;/h1H2,2H3;1H;1H3;1H/q;;+1;. The Kier molecular flexibility index (Phi) is 16.8. The van der Waals surface area contributed by atoms with Crippen molar-refractivity contribution in [1.82, 2.24) is 0 Å². The summed E-state index contributed by atoms with van der Waals surface area (Å²) in [7, 11) is 0. The van der Waals surface area contributed by atoms with Gasteiger partial charge in [-0.15, -0.1) is 12.4 Å². The highest BCUT2D eigenvalue weighted by molar-refractivity contribution is 5.85. The van der Waals surface area contributed by atoms with Crippen LogP contribution in [0.25, 0.3) is 0 Å². The van der Waals surface area contributed by atoms with Gasteiger partial charge in [0.05, 0.1) is 5.83 Å². The molecule has 0 aliphatic carbocycles. The lowest BCUT2D eigenvalue weighted by molar-refractivity contribution is -0.219. The zero-order valence-electron chi connectivity index (χ0n) is 6.96. The van der Waals surface area contributed by atoms with E-state index in [1.165, 1.54) is 6.92 Å². The van der Waals surface area contributed by atoms with Gasteiger partial charge < -0.3 is 0 Å². The summed E-state index contributed by atoms with van der Waals surface area (Å²) in [5, 5.41) is 0. The van der Waals surface area contributed by atoms with Gasteiger partial charge in [0.1, 0.15) is 0 Å². The van der Waals surface area contributed by atoms with Gasteiger partial charge in [-0.1, -0.05) is 6.58 Å². The lowest BCUT2D eigenvalue weighted by Crippen LogP contribution is -2.18. The lowest BCUT2D eigenvalue weighted by atomic mass is 10.7. The molecule has 0 rings (SSSR count). The van der Waals surface area contributed by atoms with E-state index in [4.69, 9.17) is 0 Å². The largest absolute Gasteiger partial charge is 0.450 e. The first-order valence-electron chi connectivity index (χ1n) is 2.33. The number of allylic oxidation sites excluding steroid dienone is 1. The highest BCUT2D eigenvalue weighted by atomic mass is 35.5. The van der Waals surface area contributed by atoms with Gasteiger partial charge in [0.25, 0.3) is 0 Å². The van der Waals surface area contributed by atoms with Gasteiger partial charge in [0, 0.05) is 7.43 Å². The van der Waals surface area contributed by atoms with E-state index in [-0.39, 0.29) is 25.7 Å². The molecule has 0 heterocycles. The minimum Gasteiger partial charge on any atom is -0.213 e. The third-order valence-corrected chi connectivity index (χ3v) is 0.247. The monoisotopic (exact) mass is 231 g/mol. The molecule has 0 bridgehead atoms. The van der Waals surface area contributed by atoms with E-state index in [1.54, 1.807) is 0 Å². The Morgan fingerprint density at radius 2 is 1.31 bits per heavy atom. The molecular formula is C6H10ClF6+. The summed E-state index contributed by atoms with van der Waals surface area (Å²) in [6.07, 6.45) is -9.53. The molecule has 0 atom stereocenters. The second-order valence-corrected chi connectivity index (χ2v) is 1.52. The molecule has 0 radical (unpaired) electrons. The van der Waals surface area contributed by atoms with Gasteiger partial charge in [-0.2, -0.15) is 13.2 Å². The van der Waals surface area contributed by atoms with Crippen molar-refractivity contribution in [1.29, 1.82) is 0 Å². The van der Waals surface area contributed by atoms with Crippen LogP contribution in [-0.4, -0.2) is 12.6 Å². The molecule has 0 aromatic heterocycles. The molecule has 82 valence electrons. The van der Waals surface area contributed by atoms with Crippen molar-refractivity contribution in [3.8, 4) is 0 Å². The Labute approximate surface area is 79.0 Å². The average molecular weight is 232 g/mol. The highest BCUT2D eigenvalue weighted by Crippen LogP contribution is 2.22. The maximum Gasteiger partial charge on any atom is 0.450 e. The topological polar surface area (TPSA) is 0 Å². The normalized spacial score (nSPS) is 8.92. The third-order valence-electron chi connectivity index (χ3n) is 0.247. The maximum atomic E-state index is 10.8. The first-order chi connectivity index (χ1) is 4.68. The van der Waals surface area contributed by atoms with Crippen LogP contribution < -0.4 is 0 Å². The Hall–Kier alpha value is -0.520. The molecule has 0 N–H and O–H groups in total. The SMILES string of the molecule is C=C(C)F.Cl.FC(F)C(F)(F)F.[CH3+]. The Morgan fingerprint density at radius 1 is 1.23 bits per heavy atom. The predicted octanol–water partition coefficient (Wildman–Crippen LogP) is 4.18. The van der Waals surface area contributed by atoms with E-state index in [2.05, 4.69) is 6.58 Å². The summed E-state index contributed by atoms with van der Waals surface area (Å²) >= 11 is 0. The van der Waals surface area contributed by atoms with Gasteiger partial charge in [-0.25, -0.2) is 13.2 Å². The molecule has 0 aliphatic rings. The van der Waals surface area contributed by atoms with Gasteiger partial charge in [-0.05, 0) is 6.92 Å². The summed E-state index contributed by atoms with van der Waals surface area (Å²) in [5.74, 6) is -0.333. The van der Waals surface area contributed by atoms with Crippen molar-refractivity contribution in [2.24, 2.45) is 0 Å². The van der Waals surface area contributed by atoms with Crippen LogP contribution >= 0.6 is 12.4 Å². The van der Waals surface area contributed by atoms with Crippen molar-refractivity contribution in [3.63, 3.8) is 0 Å². The van der Waals surface area contributed by atoms with Crippen LogP contribution in [0.5, 0.6) is 0 Å². The smallest absolute Gasteiger partial charge is 0.213 e. The Balaban J connectivity index is -0.0000000600. The van der Waals surface area contributed by atoms with Crippen LogP contribution in [0, 0.1) is 7.43 Å². The van der Waals surface area contributed by atoms with Crippen LogP contribution in [0.2, 0.25) is 0 Å². The van der Waals surface area contributed by atoms with Crippen LogP contribution in [0.1, 0.15) is 6.92 Å². The first kappa shape index (κ1) is 22.9. The summed E-state index contributed by atoms with van der Waals surface area (Å²) in [4.78, 5) is 0. The van der Waals surface area contributed by atoms with Crippen LogP contribution in [-0.2, 0) is 0 Å². The fourth-order valence-electron chi connectivity index (χ4n) is 0. The lowest BCUT2D eigenvalue weighted by Gasteiger charge is -2.00. The molecule has 0 saturated carbocycles. The summed E-state index contributed by atoms with van der Waals surface area (Å²) in [5.41, 5.74) is 0. The average Bonchev–Trinajstić information content (AvgIpc) is 1.59. The van der Waals surface area contributed by atoms with E-state index < -0.39 is 12.6 Å². The summed E-state index contributed by atoms with van der Waals surface area (Å²) in [6.45, 7) is 4.19. The second kappa shape index (κ2) is 9.57. The van der Waals surface area contributed by atoms with Crippen molar-refractivity contribution >= 4 is 12.4 Å². The van der Waals surface area contributed by atoms with Crippen LogP contribution in [0.3, 0.4) is 0 Å². The molecule has 0 aromatic carbocycles. The van der Waals surface area contributed by atoms with Crippen molar-refractivity contribution < 1.29 is 26.3 Å². The highest BCUT2D eigenvalue weighted by Gasteiger charge is 2.40. The maximum absolute atomic E-state index is 10.8. The predicted molar refractivity (Wildman–Crippen MR) is 41.6 cm³/mol. The molecule has 0 amide bonds. The molecular weight excluding hydrogens is 222 g/mol. The van der Waals surface area contributed by atoms with Crippen LogP contribution in [0.15, 0.2) is 12.4 Å². The summed E-state index contributed by atoms with van der Waals surface area (Å²) in [6, 6.07) is 0. The van der Waals surface area contributed by atoms with Gasteiger partial charge >= 0.3 is 12.6 Å².